The molecule has 2 unspecified atom stereocenters. The zero-order valence-corrected chi connectivity index (χ0v) is 13.1. The van der Waals surface area contributed by atoms with Gasteiger partial charge in [0.2, 0.25) is 0 Å². The molecule has 6 nitrogen and oxygen atoms in total. The normalized spacial score (nSPS) is 26.1. The molecule has 2 aliphatic rings. The second-order valence-electron chi connectivity index (χ2n) is 5.66. The van der Waals surface area contributed by atoms with E-state index in [9.17, 15) is 9.59 Å². The van der Waals surface area contributed by atoms with E-state index in [1.165, 1.54) is 0 Å². The van der Waals surface area contributed by atoms with E-state index < -0.39 is 5.97 Å². The van der Waals surface area contributed by atoms with Crippen molar-refractivity contribution in [1.82, 2.24) is 9.80 Å². The number of urea groups is 1. The summed E-state index contributed by atoms with van der Waals surface area (Å²) in [5.41, 5.74) is 0. The van der Waals surface area contributed by atoms with E-state index in [-0.39, 0.29) is 31.1 Å². The van der Waals surface area contributed by atoms with Gasteiger partial charge in [-0.05, 0) is 25.7 Å². The molecule has 2 fully saturated rings. The molecule has 2 atom stereocenters. The average molecular weight is 316 g/mol. The number of likely N-dealkylation sites (tertiary alicyclic amines) is 1. The third kappa shape index (κ3) is 4.26. The van der Waals surface area contributed by atoms with Crippen LogP contribution < -0.4 is 0 Å². The molecule has 21 heavy (non-hydrogen) atoms. The minimum absolute atomic E-state index is 0.0120. The lowest BCUT2D eigenvalue weighted by atomic mass is 10.1. The van der Waals surface area contributed by atoms with Crippen LogP contribution in [0, 0.1) is 0 Å². The largest absolute Gasteiger partial charge is 0.481 e. The molecule has 7 heteroatoms. The van der Waals surface area contributed by atoms with Crippen molar-refractivity contribution in [3.05, 3.63) is 0 Å². The van der Waals surface area contributed by atoms with Crippen LogP contribution in [0.1, 0.15) is 32.1 Å². The zero-order chi connectivity index (χ0) is 15.2. The van der Waals surface area contributed by atoms with E-state index in [0.29, 0.717) is 18.7 Å². The van der Waals surface area contributed by atoms with Crippen LogP contribution in [-0.4, -0.2) is 75.3 Å². The first-order chi connectivity index (χ1) is 10.1. The summed E-state index contributed by atoms with van der Waals surface area (Å²) < 4.78 is 0. The molecule has 2 rings (SSSR count). The van der Waals surface area contributed by atoms with Crippen molar-refractivity contribution in [2.24, 2.45) is 0 Å². The molecule has 0 aromatic carbocycles. The number of carboxylic acid groups (broad SMARTS) is 1. The summed E-state index contributed by atoms with van der Waals surface area (Å²) in [6, 6.07) is -0.0143. The van der Waals surface area contributed by atoms with E-state index in [1.807, 2.05) is 4.90 Å². The molecular weight excluding hydrogens is 292 g/mol. The van der Waals surface area contributed by atoms with Crippen LogP contribution in [0.5, 0.6) is 0 Å². The number of rotatable bonds is 5. The Kier molecular flexibility index (Phi) is 6.17. The molecule has 2 N–H and O–H groups in total. The quantitative estimate of drug-likeness (QED) is 0.797. The van der Waals surface area contributed by atoms with Gasteiger partial charge < -0.3 is 20.0 Å². The minimum atomic E-state index is -0.849. The number of hydrogen-bond donors (Lipinski definition) is 2. The van der Waals surface area contributed by atoms with Crippen LogP contribution in [0.4, 0.5) is 4.79 Å². The van der Waals surface area contributed by atoms with Crippen LogP contribution in [0.25, 0.3) is 0 Å². The number of carbonyl (C=O) groups is 2. The molecule has 120 valence electrons. The van der Waals surface area contributed by atoms with Gasteiger partial charge in [-0.25, -0.2) is 4.79 Å². The van der Waals surface area contributed by atoms with Gasteiger partial charge in [0, 0.05) is 37.2 Å². The fraction of sp³-hybridized carbons (Fsp3) is 0.857. The van der Waals surface area contributed by atoms with E-state index in [0.717, 1.165) is 31.6 Å². The number of thioether (sulfide) groups is 1. The molecule has 2 amide bonds. The number of carboxylic acids is 1. The molecule has 2 heterocycles. The Hall–Kier alpha value is -0.950. The van der Waals surface area contributed by atoms with Crippen molar-refractivity contribution in [3.63, 3.8) is 0 Å². The number of aliphatic hydroxyl groups excluding tert-OH is 1. The van der Waals surface area contributed by atoms with Crippen molar-refractivity contribution in [2.45, 2.75) is 44.2 Å². The highest BCUT2D eigenvalue weighted by Gasteiger charge is 2.36. The SMILES string of the molecule is O=C(O)CC1CSCCN1C(=O)N1CCCC1CCCO. The van der Waals surface area contributed by atoms with Gasteiger partial charge in [0.25, 0.3) is 0 Å². The van der Waals surface area contributed by atoms with Crippen molar-refractivity contribution in [2.75, 3.05) is 31.2 Å². The summed E-state index contributed by atoms with van der Waals surface area (Å²) in [7, 11) is 0. The Morgan fingerprint density at radius 3 is 2.67 bits per heavy atom. The maximum atomic E-state index is 12.8. The van der Waals surface area contributed by atoms with Crippen LogP contribution in [0.15, 0.2) is 0 Å². The zero-order valence-electron chi connectivity index (χ0n) is 12.2. The van der Waals surface area contributed by atoms with Gasteiger partial charge in [0.15, 0.2) is 0 Å². The van der Waals surface area contributed by atoms with Crippen LogP contribution in [0.2, 0.25) is 0 Å². The molecule has 0 aromatic heterocycles. The first-order valence-corrected chi connectivity index (χ1v) is 8.76. The van der Waals surface area contributed by atoms with Crippen LogP contribution >= 0.6 is 11.8 Å². The highest BCUT2D eigenvalue weighted by atomic mass is 32.2. The van der Waals surface area contributed by atoms with Crippen molar-refractivity contribution >= 4 is 23.8 Å². The fourth-order valence-corrected chi connectivity index (χ4v) is 4.22. The Labute approximate surface area is 129 Å². The maximum absolute atomic E-state index is 12.8. The fourth-order valence-electron chi connectivity index (χ4n) is 3.16. The van der Waals surface area contributed by atoms with Gasteiger partial charge in [-0.1, -0.05) is 0 Å². The number of carbonyl (C=O) groups excluding carboxylic acids is 1. The second kappa shape index (κ2) is 7.89. The van der Waals surface area contributed by atoms with E-state index in [2.05, 4.69) is 0 Å². The van der Waals surface area contributed by atoms with Gasteiger partial charge in [-0.15, -0.1) is 0 Å². The van der Waals surface area contributed by atoms with Gasteiger partial charge in [-0.2, -0.15) is 11.8 Å². The van der Waals surface area contributed by atoms with Crippen molar-refractivity contribution < 1.29 is 19.8 Å². The summed E-state index contributed by atoms with van der Waals surface area (Å²) in [6.07, 6.45) is 3.54. The number of hydrogen-bond acceptors (Lipinski definition) is 4. The predicted octanol–water partition coefficient (Wildman–Crippen LogP) is 1.24. The Balaban J connectivity index is 2.00. The molecule has 0 spiro atoms. The van der Waals surface area contributed by atoms with E-state index in [1.54, 1.807) is 16.7 Å². The third-order valence-corrected chi connectivity index (χ3v) is 5.29. The van der Waals surface area contributed by atoms with Gasteiger partial charge in [0.1, 0.15) is 0 Å². The first kappa shape index (κ1) is 16.4. The molecule has 2 aliphatic heterocycles. The molecule has 0 aromatic rings. The number of aliphatic carboxylic acids is 1. The first-order valence-electron chi connectivity index (χ1n) is 7.61. The highest BCUT2D eigenvalue weighted by Crippen LogP contribution is 2.26. The summed E-state index contributed by atoms with van der Waals surface area (Å²) >= 11 is 1.71. The van der Waals surface area contributed by atoms with E-state index >= 15 is 0 Å². The standard InChI is InChI=1S/C14H24N2O4S/c17-7-2-4-11-3-1-5-15(11)14(20)16-6-8-21-10-12(16)9-13(18)19/h11-12,17H,1-10H2,(H,18,19). The minimum Gasteiger partial charge on any atom is -0.481 e. The number of aliphatic hydroxyl groups is 1. The van der Waals surface area contributed by atoms with Gasteiger partial charge >= 0.3 is 12.0 Å². The molecule has 2 saturated heterocycles. The van der Waals surface area contributed by atoms with E-state index in [4.69, 9.17) is 10.2 Å². The predicted molar refractivity (Wildman–Crippen MR) is 81.5 cm³/mol. The second-order valence-corrected chi connectivity index (χ2v) is 6.81. The van der Waals surface area contributed by atoms with Crippen LogP contribution in [0.3, 0.4) is 0 Å². The molecule has 0 bridgehead atoms. The lowest BCUT2D eigenvalue weighted by Crippen LogP contribution is -2.53. The third-order valence-electron chi connectivity index (χ3n) is 4.20. The lowest BCUT2D eigenvalue weighted by molar-refractivity contribution is -0.138. The van der Waals surface area contributed by atoms with Gasteiger partial charge in [-0.3, -0.25) is 4.79 Å². The lowest BCUT2D eigenvalue weighted by Gasteiger charge is -2.39. The smallest absolute Gasteiger partial charge is 0.320 e. The Bertz CT molecular complexity index is 380. The summed E-state index contributed by atoms with van der Waals surface area (Å²) in [5, 5.41) is 18.0. The van der Waals surface area contributed by atoms with Crippen LogP contribution in [-0.2, 0) is 4.79 Å². The Morgan fingerprint density at radius 2 is 1.95 bits per heavy atom. The topological polar surface area (TPSA) is 81.1 Å². The summed E-state index contributed by atoms with van der Waals surface area (Å²) in [6.45, 7) is 1.53. The molecule has 0 radical (unpaired) electrons. The summed E-state index contributed by atoms with van der Waals surface area (Å²) in [4.78, 5) is 27.4. The molecule has 0 aliphatic carbocycles. The maximum Gasteiger partial charge on any atom is 0.320 e. The number of nitrogens with zero attached hydrogens (tertiary/aromatic N) is 2. The van der Waals surface area contributed by atoms with Crippen molar-refractivity contribution in [1.29, 1.82) is 0 Å². The number of amides is 2. The van der Waals surface area contributed by atoms with Crippen molar-refractivity contribution in [3.8, 4) is 0 Å². The summed E-state index contributed by atoms with van der Waals surface area (Å²) in [5.74, 6) is 0.725. The molecule has 0 saturated carbocycles. The highest BCUT2D eigenvalue weighted by molar-refractivity contribution is 7.99. The Morgan fingerprint density at radius 1 is 1.19 bits per heavy atom. The monoisotopic (exact) mass is 316 g/mol. The van der Waals surface area contributed by atoms with Gasteiger partial charge in [0.05, 0.1) is 12.5 Å². The average Bonchev–Trinajstić information content (AvgIpc) is 2.92. The molecular formula is C14H24N2O4S.